The molecule has 0 aromatic heterocycles. The molecule has 1 amide bonds. The maximum absolute atomic E-state index is 13.3. The number of benzene rings is 3. The lowest BCUT2D eigenvalue weighted by molar-refractivity contribution is -0.142. The standard InChI is InChI=1S/C30H36NO5P/c1-2-3-14-28(30(33)34)31-29(32)27(22-37(35,36)20-19-23-10-6-4-7-11-23)21-24-15-17-26(18-16-24)25-12-8-5-9-13-25/h4-13,15-18,27-28H,2-3,14,19-22H2,1H3,(H,31,32)(H,33,34)(H,35,36). The van der Waals surface area contributed by atoms with E-state index in [4.69, 9.17) is 0 Å². The Morgan fingerprint density at radius 1 is 0.865 bits per heavy atom. The topological polar surface area (TPSA) is 104 Å². The van der Waals surface area contributed by atoms with Crippen LogP contribution in [0.4, 0.5) is 0 Å². The third-order valence-corrected chi connectivity index (χ3v) is 8.41. The molecule has 3 unspecified atom stereocenters. The molecule has 0 saturated carbocycles. The second kappa shape index (κ2) is 13.9. The van der Waals surface area contributed by atoms with Crippen LogP contribution >= 0.6 is 7.37 Å². The molecule has 196 valence electrons. The summed E-state index contributed by atoms with van der Waals surface area (Å²) in [6.45, 7) is 1.96. The molecule has 0 aliphatic rings. The average molecular weight is 522 g/mol. The van der Waals surface area contributed by atoms with Gasteiger partial charge in [-0.15, -0.1) is 0 Å². The number of nitrogens with one attached hydrogen (secondary N) is 1. The zero-order valence-corrected chi connectivity index (χ0v) is 22.1. The van der Waals surface area contributed by atoms with Crippen molar-refractivity contribution in [1.82, 2.24) is 5.32 Å². The molecule has 0 saturated heterocycles. The van der Waals surface area contributed by atoms with Gasteiger partial charge < -0.3 is 15.3 Å². The van der Waals surface area contributed by atoms with Crippen molar-refractivity contribution in [1.29, 1.82) is 0 Å². The van der Waals surface area contributed by atoms with Gasteiger partial charge in [0.05, 0.1) is 5.92 Å². The van der Waals surface area contributed by atoms with Crippen LogP contribution in [0.25, 0.3) is 11.1 Å². The first-order valence-corrected chi connectivity index (χ1v) is 14.8. The largest absolute Gasteiger partial charge is 0.480 e. The zero-order valence-electron chi connectivity index (χ0n) is 21.3. The molecule has 0 heterocycles. The Kier molecular flexibility index (Phi) is 10.7. The van der Waals surface area contributed by atoms with Gasteiger partial charge >= 0.3 is 5.97 Å². The van der Waals surface area contributed by atoms with Gasteiger partial charge in [-0.25, -0.2) is 4.79 Å². The minimum atomic E-state index is -3.66. The predicted octanol–water partition coefficient (Wildman–Crippen LogP) is 5.79. The van der Waals surface area contributed by atoms with Crippen LogP contribution in [0.3, 0.4) is 0 Å². The molecule has 0 spiro atoms. The minimum Gasteiger partial charge on any atom is -0.480 e. The van der Waals surface area contributed by atoms with Crippen molar-refractivity contribution >= 4 is 19.2 Å². The van der Waals surface area contributed by atoms with Crippen LogP contribution in [0.2, 0.25) is 0 Å². The third-order valence-electron chi connectivity index (χ3n) is 6.47. The van der Waals surface area contributed by atoms with Crippen LogP contribution in [0.15, 0.2) is 84.9 Å². The highest BCUT2D eigenvalue weighted by atomic mass is 31.2. The van der Waals surface area contributed by atoms with Crippen molar-refractivity contribution in [3.05, 3.63) is 96.1 Å². The van der Waals surface area contributed by atoms with Crippen molar-refractivity contribution in [2.75, 3.05) is 12.3 Å². The van der Waals surface area contributed by atoms with E-state index in [0.717, 1.165) is 28.7 Å². The lowest BCUT2D eigenvalue weighted by atomic mass is 9.97. The average Bonchev–Trinajstić information content (AvgIpc) is 2.90. The Hall–Kier alpha value is -3.21. The van der Waals surface area contributed by atoms with E-state index in [1.165, 1.54) is 0 Å². The lowest BCUT2D eigenvalue weighted by Gasteiger charge is -2.23. The van der Waals surface area contributed by atoms with E-state index in [1.54, 1.807) is 0 Å². The number of carboxylic acid groups (broad SMARTS) is 1. The molecule has 3 N–H and O–H groups in total. The van der Waals surface area contributed by atoms with Gasteiger partial charge in [-0.2, -0.15) is 0 Å². The van der Waals surface area contributed by atoms with Crippen molar-refractivity contribution in [2.24, 2.45) is 5.92 Å². The molecule has 0 radical (unpaired) electrons. The fourth-order valence-electron chi connectivity index (χ4n) is 4.33. The molecule has 0 aliphatic heterocycles. The highest BCUT2D eigenvalue weighted by Crippen LogP contribution is 2.43. The molecule has 0 aliphatic carbocycles. The van der Waals surface area contributed by atoms with Gasteiger partial charge in [0.2, 0.25) is 13.3 Å². The summed E-state index contributed by atoms with van der Waals surface area (Å²) in [5.74, 6) is -2.41. The van der Waals surface area contributed by atoms with E-state index in [9.17, 15) is 24.2 Å². The summed E-state index contributed by atoms with van der Waals surface area (Å²) in [4.78, 5) is 35.8. The smallest absolute Gasteiger partial charge is 0.326 e. The van der Waals surface area contributed by atoms with Crippen LogP contribution in [-0.4, -0.2) is 40.2 Å². The number of carboxylic acids is 1. The highest BCUT2D eigenvalue weighted by Gasteiger charge is 2.31. The Bertz CT molecular complexity index is 1180. The molecule has 0 bridgehead atoms. The first kappa shape index (κ1) is 28.4. The summed E-state index contributed by atoms with van der Waals surface area (Å²) in [6.07, 6.45) is 2.33. The first-order chi connectivity index (χ1) is 17.8. The fourth-order valence-corrected chi connectivity index (χ4v) is 6.10. The maximum atomic E-state index is 13.3. The molecule has 0 fully saturated rings. The molecule has 6 nitrogen and oxygen atoms in total. The number of rotatable bonds is 14. The SMILES string of the molecule is CCCCC(NC(=O)C(Cc1ccc(-c2ccccc2)cc1)CP(=O)(O)CCc1ccccc1)C(=O)O. The van der Waals surface area contributed by atoms with Gasteiger partial charge in [-0.3, -0.25) is 9.36 Å². The van der Waals surface area contributed by atoms with E-state index in [2.05, 4.69) is 5.32 Å². The van der Waals surface area contributed by atoms with E-state index in [0.29, 0.717) is 19.3 Å². The predicted molar refractivity (Wildman–Crippen MR) is 148 cm³/mol. The number of carbonyl (C=O) groups excluding carboxylic acids is 1. The number of amides is 1. The second-order valence-corrected chi connectivity index (χ2v) is 12.0. The molecular weight excluding hydrogens is 485 g/mol. The molecule has 37 heavy (non-hydrogen) atoms. The number of hydrogen-bond donors (Lipinski definition) is 3. The molecule has 3 aromatic carbocycles. The first-order valence-electron chi connectivity index (χ1n) is 12.8. The monoisotopic (exact) mass is 521 g/mol. The number of aryl methyl sites for hydroxylation is 1. The third kappa shape index (κ3) is 9.31. The number of hydrogen-bond acceptors (Lipinski definition) is 3. The van der Waals surface area contributed by atoms with Crippen molar-refractivity contribution < 1.29 is 24.2 Å². The van der Waals surface area contributed by atoms with Gasteiger partial charge in [0.1, 0.15) is 6.04 Å². The quantitative estimate of drug-likeness (QED) is 0.233. The van der Waals surface area contributed by atoms with Crippen LogP contribution in [0.1, 0.15) is 37.3 Å². The van der Waals surface area contributed by atoms with Crippen LogP contribution in [-0.2, 0) is 27.0 Å². The molecule has 7 heteroatoms. The van der Waals surface area contributed by atoms with E-state index in [-0.39, 0.29) is 18.7 Å². The van der Waals surface area contributed by atoms with Crippen LogP contribution < -0.4 is 5.32 Å². The Labute approximate surface area is 219 Å². The van der Waals surface area contributed by atoms with Crippen molar-refractivity contribution in [3.63, 3.8) is 0 Å². The number of aliphatic carboxylic acids is 1. The van der Waals surface area contributed by atoms with Gasteiger partial charge in [0.15, 0.2) is 0 Å². The van der Waals surface area contributed by atoms with Gasteiger partial charge in [-0.05, 0) is 41.5 Å². The molecule has 3 rings (SSSR count). The molecule has 3 aromatic rings. The van der Waals surface area contributed by atoms with Crippen LogP contribution in [0, 0.1) is 5.92 Å². The van der Waals surface area contributed by atoms with Crippen LogP contribution in [0.5, 0.6) is 0 Å². The Morgan fingerprint density at radius 3 is 2.05 bits per heavy atom. The Balaban J connectivity index is 1.76. The fraction of sp³-hybridized carbons (Fsp3) is 0.333. The van der Waals surface area contributed by atoms with Gasteiger partial charge in [0, 0.05) is 12.3 Å². The van der Waals surface area contributed by atoms with E-state index < -0.39 is 31.2 Å². The summed E-state index contributed by atoms with van der Waals surface area (Å²) in [7, 11) is -3.66. The Morgan fingerprint density at radius 2 is 1.46 bits per heavy atom. The van der Waals surface area contributed by atoms with Crippen molar-refractivity contribution in [3.8, 4) is 11.1 Å². The van der Waals surface area contributed by atoms with Crippen molar-refractivity contribution in [2.45, 2.75) is 45.1 Å². The summed E-state index contributed by atoms with van der Waals surface area (Å²) in [6, 6.07) is 26.1. The number of unbranched alkanes of at least 4 members (excludes halogenated alkanes) is 1. The normalized spacial score (nSPS) is 14.3. The maximum Gasteiger partial charge on any atom is 0.326 e. The lowest BCUT2D eigenvalue weighted by Crippen LogP contribution is -2.45. The second-order valence-electron chi connectivity index (χ2n) is 9.49. The van der Waals surface area contributed by atoms with Gasteiger partial charge in [0.25, 0.3) is 0 Å². The zero-order chi connectivity index (χ0) is 26.7. The molecular formula is C30H36NO5P. The summed E-state index contributed by atoms with van der Waals surface area (Å²) < 4.78 is 13.2. The van der Waals surface area contributed by atoms with Gasteiger partial charge in [-0.1, -0.05) is 105 Å². The number of carbonyl (C=O) groups is 2. The highest BCUT2D eigenvalue weighted by molar-refractivity contribution is 7.58. The summed E-state index contributed by atoms with van der Waals surface area (Å²) >= 11 is 0. The minimum absolute atomic E-state index is 0.0614. The van der Waals surface area contributed by atoms with E-state index in [1.807, 2.05) is 91.9 Å². The summed E-state index contributed by atoms with van der Waals surface area (Å²) in [5.41, 5.74) is 3.92. The van der Waals surface area contributed by atoms with E-state index >= 15 is 0 Å². The summed E-state index contributed by atoms with van der Waals surface area (Å²) in [5, 5.41) is 12.2. The molecule has 3 atom stereocenters.